The number of hydrogen-bond acceptors (Lipinski definition) is 6. The summed E-state index contributed by atoms with van der Waals surface area (Å²) < 4.78 is 5.96. The molecule has 2 heterocycles. The zero-order valence-electron chi connectivity index (χ0n) is 12.0. The largest absolute Gasteiger partial charge is 0.379 e. The van der Waals surface area contributed by atoms with Crippen molar-refractivity contribution < 1.29 is 9.66 Å². The van der Waals surface area contributed by atoms with Crippen molar-refractivity contribution in [1.82, 2.24) is 9.88 Å². The van der Waals surface area contributed by atoms with Crippen LogP contribution in [0.2, 0.25) is 0 Å². The number of pyridine rings is 1. The van der Waals surface area contributed by atoms with Gasteiger partial charge in [0.1, 0.15) is 12.0 Å². The van der Waals surface area contributed by atoms with Crippen LogP contribution in [0.3, 0.4) is 0 Å². The van der Waals surface area contributed by atoms with Crippen molar-refractivity contribution in [3.63, 3.8) is 0 Å². The molecule has 8 heteroatoms. The first-order valence-electron chi connectivity index (χ1n) is 6.93. The smallest absolute Gasteiger partial charge is 0.291 e. The minimum absolute atomic E-state index is 0.0285. The molecule has 0 amide bonds. The summed E-state index contributed by atoms with van der Waals surface area (Å²) in [6.07, 6.45) is 2.29. The molecule has 2 rings (SSSR count). The zero-order valence-corrected chi connectivity index (χ0v) is 13.6. The van der Waals surface area contributed by atoms with Crippen molar-refractivity contribution in [2.75, 3.05) is 44.7 Å². The highest BCUT2D eigenvalue weighted by molar-refractivity contribution is 9.10. The minimum atomic E-state index is -0.421. The minimum Gasteiger partial charge on any atom is -0.379 e. The van der Waals surface area contributed by atoms with Gasteiger partial charge >= 0.3 is 0 Å². The molecule has 0 spiro atoms. The second-order valence-corrected chi connectivity index (χ2v) is 5.72. The monoisotopic (exact) mass is 358 g/mol. The maximum Gasteiger partial charge on any atom is 0.291 e. The van der Waals surface area contributed by atoms with Crippen LogP contribution in [0.25, 0.3) is 0 Å². The Morgan fingerprint density at radius 3 is 2.90 bits per heavy atom. The molecule has 1 aromatic heterocycles. The molecule has 1 fully saturated rings. The summed E-state index contributed by atoms with van der Waals surface area (Å²) in [5.41, 5.74) is 0.617. The normalized spacial score (nSPS) is 15.9. The molecule has 7 nitrogen and oxygen atoms in total. The van der Waals surface area contributed by atoms with Gasteiger partial charge in [-0.15, -0.1) is 0 Å². The van der Waals surface area contributed by atoms with Crippen LogP contribution in [0.1, 0.15) is 12.0 Å². The lowest BCUT2D eigenvalue weighted by atomic mass is 10.2. The van der Waals surface area contributed by atoms with Gasteiger partial charge in [0.05, 0.1) is 22.6 Å². The average Bonchev–Trinajstić information content (AvgIpc) is 2.48. The lowest BCUT2D eigenvalue weighted by Gasteiger charge is -2.26. The van der Waals surface area contributed by atoms with Crippen LogP contribution in [-0.4, -0.2) is 54.2 Å². The third-order valence-electron chi connectivity index (χ3n) is 3.48. The summed E-state index contributed by atoms with van der Waals surface area (Å²) in [6.45, 7) is 7.09. The van der Waals surface area contributed by atoms with E-state index in [1.165, 1.54) is 6.20 Å². The fraction of sp³-hybridized carbons (Fsp3) is 0.615. The zero-order chi connectivity index (χ0) is 15.2. The van der Waals surface area contributed by atoms with Gasteiger partial charge in [0.15, 0.2) is 0 Å². The summed E-state index contributed by atoms with van der Waals surface area (Å²) in [4.78, 5) is 16.9. The highest BCUT2D eigenvalue weighted by Crippen LogP contribution is 2.30. The molecule has 1 aliphatic heterocycles. The molecule has 1 aliphatic rings. The summed E-state index contributed by atoms with van der Waals surface area (Å²) in [7, 11) is 0. The van der Waals surface area contributed by atoms with E-state index >= 15 is 0 Å². The Morgan fingerprint density at radius 1 is 1.52 bits per heavy atom. The summed E-state index contributed by atoms with van der Waals surface area (Å²) in [5, 5.41) is 14.1. The Kier molecular flexibility index (Phi) is 5.89. The van der Waals surface area contributed by atoms with Crippen LogP contribution in [0.5, 0.6) is 0 Å². The van der Waals surface area contributed by atoms with Gasteiger partial charge in [-0.3, -0.25) is 15.0 Å². The van der Waals surface area contributed by atoms with E-state index < -0.39 is 4.92 Å². The molecular formula is C13H19BrN4O3. The summed E-state index contributed by atoms with van der Waals surface area (Å²) >= 11 is 3.37. The third kappa shape index (κ3) is 4.36. The van der Waals surface area contributed by atoms with Crippen molar-refractivity contribution in [1.29, 1.82) is 0 Å². The molecule has 1 aromatic rings. The first kappa shape index (κ1) is 16.1. The van der Waals surface area contributed by atoms with Crippen molar-refractivity contribution in [2.24, 2.45) is 0 Å². The maximum absolute atomic E-state index is 10.8. The molecule has 0 aromatic carbocycles. The van der Waals surface area contributed by atoms with Gasteiger partial charge in [-0.2, -0.15) is 0 Å². The molecular weight excluding hydrogens is 340 g/mol. The van der Waals surface area contributed by atoms with Crippen LogP contribution >= 0.6 is 15.9 Å². The molecule has 0 unspecified atom stereocenters. The second kappa shape index (κ2) is 7.67. The van der Waals surface area contributed by atoms with Gasteiger partial charge in [-0.05, 0) is 35.8 Å². The van der Waals surface area contributed by atoms with E-state index in [2.05, 4.69) is 31.1 Å². The van der Waals surface area contributed by atoms with Crippen molar-refractivity contribution in [2.45, 2.75) is 13.3 Å². The van der Waals surface area contributed by atoms with Crippen LogP contribution in [-0.2, 0) is 4.74 Å². The number of halogens is 1. The maximum atomic E-state index is 10.8. The van der Waals surface area contributed by atoms with Gasteiger partial charge in [0.25, 0.3) is 5.69 Å². The van der Waals surface area contributed by atoms with Gasteiger partial charge in [0.2, 0.25) is 0 Å². The van der Waals surface area contributed by atoms with Gasteiger partial charge < -0.3 is 10.1 Å². The molecule has 0 radical (unpaired) electrons. The van der Waals surface area contributed by atoms with Crippen molar-refractivity contribution in [3.8, 4) is 0 Å². The topological polar surface area (TPSA) is 80.5 Å². The Hall–Kier alpha value is -1.25. The number of nitrogens with one attached hydrogen (secondary N) is 1. The third-order valence-corrected chi connectivity index (χ3v) is 4.45. The number of hydrogen-bond donors (Lipinski definition) is 1. The highest BCUT2D eigenvalue weighted by Gasteiger charge is 2.17. The number of morpholine rings is 1. The lowest BCUT2D eigenvalue weighted by Crippen LogP contribution is -2.37. The summed E-state index contributed by atoms with van der Waals surface area (Å²) in [5.74, 6) is 0.653. The van der Waals surface area contributed by atoms with E-state index in [4.69, 9.17) is 4.74 Å². The predicted molar refractivity (Wildman–Crippen MR) is 83.7 cm³/mol. The Bertz CT molecular complexity index is 506. The van der Waals surface area contributed by atoms with Gasteiger partial charge in [0, 0.05) is 25.2 Å². The molecule has 0 saturated carbocycles. The molecule has 116 valence electrons. The molecule has 0 atom stereocenters. The van der Waals surface area contributed by atoms with Crippen LogP contribution in [0.15, 0.2) is 10.7 Å². The molecule has 0 aliphatic carbocycles. The van der Waals surface area contributed by atoms with E-state index in [0.29, 0.717) is 15.9 Å². The van der Waals surface area contributed by atoms with Crippen molar-refractivity contribution in [3.05, 3.63) is 26.3 Å². The lowest BCUT2D eigenvalue weighted by molar-refractivity contribution is -0.385. The Balaban J connectivity index is 1.83. The van der Waals surface area contributed by atoms with E-state index in [-0.39, 0.29) is 5.69 Å². The summed E-state index contributed by atoms with van der Waals surface area (Å²) in [6, 6.07) is 0. The molecule has 1 N–H and O–H groups in total. The number of aromatic nitrogens is 1. The molecule has 0 bridgehead atoms. The van der Waals surface area contributed by atoms with Gasteiger partial charge in [-0.1, -0.05) is 0 Å². The SMILES string of the molecule is Cc1c([N+](=O)[O-])cnc(NCCCN2CCOCC2)c1Br. The molecule has 21 heavy (non-hydrogen) atoms. The Labute approximate surface area is 132 Å². The molecule has 1 saturated heterocycles. The van der Waals surface area contributed by atoms with E-state index in [1.807, 2.05) is 0 Å². The predicted octanol–water partition coefficient (Wildman–Crippen LogP) is 2.19. The highest BCUT2D eigenvalue weighted by atomic mass is 79.9. The fourth-order valence-electron chi connectivity index (χ4n) is 2.21. The van der Waals surface area contributed by atoms with E-state index in [0.717, 1.165) is 45.8 Å². The first-order chi connectivity index (χ1) is 10.1. The second-order valence-electron chi connectivity index (χ2n) is 4.92. The average molecular weight is 359 g/mol. The standard InChI is InChI=1S/C13H19BrN4O3/c1-10-11(18(19)20)9-16-13(12(10)14)15-3-2-4-17-5-7-21-8-6-17/h9H,2-8H2,1H3,(H,15,16). The number of ether oxygens (including phenoxy) is 1. The number of nitro groups is 1. The quantitative estimate of drug-likeness (QED) is 0.477. The van der Waals surface area contributed by atoms with E-state index in [1.54, 1.807) is 6.92 Å². The number of rotatable bonds is 6. The van der Waals surface area contributed by atoms with Gasteiger partial charge in [-0.25, -0.2) is 4.98 Å². The van der Waals surface area contributed by atoms with Crippen LogP contribution < -0.4 is 5.32 Å². The fourth-order valence-corrected chi connectivity index (χ4v) is 2.66. The first-order valence-corrected chi connectivity index (χ1v) is 7.72. The van der Waals surface area contributed by atoms with Crippen LogP contribution in [0, 0.1) is 17.0 Å². The van der Waals surface area contributed by atoms with Crippen molar-refractivity contribution >= 4 is 27.4 Å². The van der Waals surface area contributed by atoms with Crippen LogP contribution in [0.4, 0.5) is 11.5 Å². The number of anilines is 1. The van der Waals surface area contributed by atoms with E-state index in [9.17, 15) is 10.1 Å². The number of nitrogens with zero attached hydrogens (tertiary/aromatic N) is 3. The Morgan fingerprint density at radius 2 is 2.24 bits per heavy atom.